The smallest absolute Gasteiger partial charge is 0.0155 e. The molecular weight excluding hydrogens is 112 g/mol. The van der Waals surface area contributed by atoms with E-state index in [4.69, 9.17) is 0 Å². The maximum atomic E-state index is 3.28. The van der Waals surface area contributed by atoms with E-state index < -0.39 is 0 Å². The highest BCUT2D eigenvalue weighted by Crippen LogP contribution is 2.07. The molecule has 0 aromatic rings. The fourth-order valence-electron chi connectivity index (χ4n) is 1.14. The molecule has 0 saturated heterocycles. The molecule has 9 heavy (non-hydrogen) atoms. The second-order valence-corrected chi connectivity index (χ2v) is 2.47. The van der Waals surface area contributed by atoms with Gasteiger partial charge in [0.1, 0.15) is 0 Å². The molecule has 52 valence electrons. The summed E-state index contributed by atoms with van der Waals surface area (Å²) in [5, 5.41) is 6.46. The van der Waals surface area contributed by atoms with Gasteiger partial charge >= 0.3 is 0 Å². The molecule has 1 aliphatic heterocycles. The fourth-order valence-corrected chi connectivity index (χ4v) is 1.14. The van der Waals surface area contributed by atoms with Crippen molar-refractivity contribution < 1.29 is 0 Å². The van der Waals surface area contributed by atoms with Crippen LogP contribution in [0.15, 0.2) is 11.8 Å². The minimum atomic E-state index is 0.656. The number of nitrogens with one attached hydrogen (secondary N) is 2. The third kappa shape index (κ3) is 1.45. The van der Waals surface area contributed by atoms with Crippen molar-refractivity contribution in [1.29, 1.82) is 0 Å². The topological polar surface area (TPSA) is 24.1 Å². The van der Waals surface area contributed by atoms with E-state index in [1.807, 2.05) is 7.05 Å². The van der Waals surface area contributed by atoms with Gasteiger partial charge < -0.3 is 10.6 Å². The van der Waals surface area contributed by atoms with Crippen LogP contribution >= 0.6 is 0 Å². The van der Waals surface area contributed by atoms with Crippen molar-refractivity contribution in [1.82, 2.24) is 10.6 Å². The summed E-state index contributed by atoms with van der Waals surface area (Å²) in [6.45, 7) is 4.34. The first kappa shape index (κ1) is 6.62. The van der Waals surface area contributed by atoms with Gasteiger partial charge in [-0.25, -0.2) is 0 Å². The van der Waals surface area contributed by atoms with Gasteiger partial charge in [0.25, 0.3) is 0 Å². The van der Waals surface area contributed by atoms with Gasteiger partial charge in [0.05, 0.1) is 0 Å². The van der Waals surface area contributed by atoms with E-state index in [0.29, 0.717) is 5.92 Å². The summed E-state index contributed by atoms with van der Waals surface area (Å²) in [6.07, 6.45) is 2.20. The van der Waals surface area contributed by atoms with Crippen LogP contribution in [0.25, 0.3) is 0 Å². The Morgan fingerprint density at radius 3 is 3.00 bits per heavy atom. The van der Waals surface area contributed by atoms with Crippen molar-refractivity contribution in [3.8, 4) is 0 Å². The summed E-state index contributed by atoms with van der Waals surface area (Å²) in [5.41, 5.74) is 1.37. The molecule has 0 radical (unpaired) electrons. The standard InChI is InChI=1S/C7H14N2/c1-6-5-9-4-3-7(6)8-2/h3,6,8-9H,4-5H2,1-2H3. The third-order valence-corrected chi connectivity index (χ3v) is 1.74. The Bertz CT molecular complexity index is 118. The van der Waals surface area contributed by atoms with Gasteiger partial charge in [-0.3, -0.25) is 0 Å². The predicted molar refractivity (Wildman–Crippen MR) is 39.2 cm³/mol. The first-order valence-electron chi connectivity index (χ1n) is 3.43. The molecule has 1 rings (SSSR count). The van der Waals surface area contributed by atoms with E-state index in [2.05, 4.69) is 23.6 Å². The highest BCUT2D eigenvalue weighted by Gasteiger charge is 2.09. The van der Waals surface area contributed by atoms with Crippen LogP contribution < -0.4 is 10.6 Å². The van der Waals surface area contributed by atoms with Gasteiger partial charge in [-0.1, -0.05) is 13.0 Å². The summed E-state index contributed by atoms with van der Waals surface area (Å²) in [6, 6.07) is 0. The van der Waals surface area contributed by atoms with Crippen LogP contribution in [0, 0.1) is 5.92 Å². The first-order valence-corrected chi connectivity index (χ1v) is 3.43. The molecule has 1 atom stereocenters. The maximum Gasteiger partial charge on any atom is 0.0155 e. The largest absolute Gasteiger partial charge is 0.391 e. The molecule has 0 aliphatic carbocycles. The monoisotopic (exact) mass is 126 g/mol. The molecule has 0 bridgehead atoms. The van der Waals surface area contributed by atoms with E-state index in [9.17, 15) is 0 Å². The lowest BCUT2D eigenvalue weighted by atomic mass is 10.1. The van der Waals surface area contributed by atoms with Crippen LogP contribution in [0.4, 0.5) is 0 Å². The summed E-state index contributed by atoms with van der Waals surface area (Å²) in [4.78, 5) is 0. The van der Waals surface area contributed by atoms with Crippen molar-refractivity contribution in [3.63, 3.8) is 0 Å². The Hall–Kier alpha value is -0.500. The first-order chi connectivity index (χ1) is 4.34. The zero-order valence-electron chi connectivity index (χ0n) is 6.07. The van der Waals surface area contributed by atoms with Crippen LogP contribution in [0.2, 0.25) is 0 Å². The van der Waals surface area contributed by atoms with Crippen LogP contribution in [0.5, 0.6) is 0 Å². The van der Waals surface area contributed by atoms with E-state index in [0.717, 1.165) is 13.1 Å². The van der Waals surface area contributed by atoms with Crippen LogP contribution in [-0.2, 0) is 0 Å². The van der Waals surface area contributed by atoms with Crippen molar-refractivity contribution in [2.45, 2.75) is 6.92 Å². The van der Waals surface area contributed by atoms with E-state index >= 15 is 0 Å². The summed E-state index contributed by atoms with van der Waals surface area (Å²) in [5.74, 6) is 0.656. The quantitative estimate of drug-likeness (QED) is 0.529. The zero-order chi connectivity index (χ0) is 6.69. The molecule has 2 nitrogen and oxygen atoms in total. The average molecular weight is 126 g/mol. The van der Waals surface area contributed by atoms with Crippen LogP contribution in [-0.4, -0.2) is 20.1 Å². The Kier molecular flexibility index (Phi) is 2.11. The second kappa shape index (κ2) is 2.87. The fraction of sp³-hybridized carbons (Fsp3) is 0.714. The lowest BCUT2D eigenvalue weighted by Gasteiger charge is -2.20. The Labute approximate surface area is 56.3 Å². The molecule has 0 aromatic carbocycles. The van der Waals surface area contributed by atoms with Crippen LogP contribution in [0.3, 0.4) is 0 Å². The van der Waals surface area contributed by atoms with Crippen molar-refractivity contribution in [2.24, 2.45) is 5.92 Å². The van der Waals surface area contributed by atoms with Crippen molar-refractivity contribution >= 4 is 0 Å². The molecule has 1 aliphatic rings. The SMILES string of the molecule is CNC1=CCNCC1C. The molecule has 0 aromatic heterocycles. The zero-order valence-corrected chi connectivity index (χ0v) is 6.07. The number of hydrogen-bond acceptors (Lipinski definition) is 2. The lowest BCUT2D eigenvalue weighted by Crippen LogP contribution is -2.31. The molecule has 2 heteroatoms. The van der Waals surface area contributed by atoms with Gasteiger partial charge in [-0.2, -0.15) is 0 Å². The van der Waals surface area contributed by atoms with Crippen molar-refractivity contribution in [2.75, 3.05) is 20.1 Å². The number of rotatable bonds is 1. The minimum absolute atomic E-state index is 0.656. The third-order valence-electron chi connectivity index (χ3n) is 1.74. The van der Waals surface area contributed by atoms with Gasteiger partial charge in [0.15, 0.2) is 0 Å². The highest BCUT2D eigenvalue weighted by atomic mass is 14.9. The van der Waals surface area contributed by atoms with E-state index in [-0.39, 0.29) is 0 Å². The molecule has 0 fully saturated rings. The van der Waals surface area contributed by atoms with E-state index in [1.165, 1.54) is 5.70 Å². The molecule has 0 amide bonds. The summed E-state index contributed by atoms with van der Waals surface area (Å²) < 4.78 is 0. The van der Waals surface area contributed by atoms with Crippen LogP contribution in [0.1, 0.15) is 6.92 Å². The predicted octanol–water partition coefficient (Wildman–Crippen LogP) is 0.329. The number of hydrogen-bond donors (Lipinski definition) is 2. The lowest BCUT2D eigenvalue weighted by molar-refractivity contribution is 0.539. The van der Waals surface area contributed by atoms with Gasteiger partial charge in [-0.05, 0) is 0 Å². The molecule has 1 unspecified atom stereocenters. The molecule has 1 heterocycles. The minimum Gasteiger partial charge on any atom is -0.391 e. The van der Waals surface area contributed by atoms with E-state index in [1.54, 1.807) is 0 Å². The van der Waals surface area contributed by atoms with Crippen molar-refractivity contribution in [3.05, 3.63) is 11.8 Å². The van der Waals surface area contributed by atoms with Gasteiger partial charge in [0.2, 0.25) is 0 Å². The second-order valence-electron chi connectivity index (χ2n) is 2.47. The van der Waals surface area contributed by atoms with Gasteiger partial charge in [-0.15, -0.1) is 0 Å². The molecule has 0 saturated carbocycles. The Morgan fingerprint density at radius 2 is 2.56 bits per heavy atom. The average Bonchev–Trinajstić information content (AvgIpc) is 1.89. The Morgan fingerprint density at radius 1 is 1.78 bits per heavy atom. The Balaban J connectivity index is 2.53. The highest BCUT2D eigenvalue weighted by molar-refractivity contribution is 5.07. The molecular formula is C7H14N2. The normalized spacial score (nSPS) is 27.3. The maximum absolute atomic E-state index is 3.28. The van der Waals surface area contributed by atoms with Gasteiger partial charge in [0, 0.05) is 31.8 Å². The summed E-state index contributed by atoms with van der Waals surface area (Å²) in [7, 11) is 1.98. The molecule has 0 spiro atoms. The molecule has 2 N–H and O–H groups in total. The summed E-state index contributed by atoms with van der Waals surface area (Å²) >= 11 is 0.